The van der Waals surface area contributed by atoms with Crippen molar-refractivity contribution >= 4 is 21.6 Å². The molecule has 0 spiro atoms. The van der Waals surface area contributed by atoms with Crippen LogP contribution in [-0.2, 0) is 10.0 Å². The molecule has 0 aromatic carbocycles. The molecule has 2 unspecified atom stereocenters. The van der Waals surface area contributed by atoms with Crippen LogP contribution in [0.5, 0.6) is 0 Å². The van der Waals surface area contributed by atoms with Crippen molar-refractivity contribution in [2.45, 2.75) is 55.7 Å². The molecule has 0 radical (unpaired) electrons. The highest BCUT2D eigenvalue weighted by molar-refractivity contribution is 7.89. The lowest BCUT2D eigenvalue weighted by molar-refractivity contribution is 0.400. The van der Waals surface area contributed by atoms with Gasteiger partial charge in [-0.25, -0.2) is 8.42 Å². The molecule has 0 N–H and O–H groups in total. The van der Waals surface area contributed by atoms with E-state index in [1.807, 2.05) is 6.92 Å². The van der Waals surface area contributed by atoms with Gasteiger partial charge in [-0.15, -0.1) is 11.6 Å². The van der Waals surface area contributed by atoms with Crippen LogP contribution in [0.1, 0.15) is 39.0 Å². The van der Waals surface area contributed by atoms with E-state index in [4.69, 9.17) is 11.6 Å². The molecule has 2 aliphatic rings. The number of sulfonamides is 1. The summed E-state index contributed by atoms with van der Waals surface area (Å²) < 4.78 is 26.1. The molecular weight excluding hydrogens is 234 g/mol. The first-order chi connectivity index (χ1) is 7.01. The molecule has 15 heavy (non-hydrogen) atoms. The maximum Gasteiger partial charge on any atom is 0.217 e. The summed E-state index contributed by atoms with van der Waals surface area (Å²) in [6.07, 6.45) is 4.55. The average Bonchev–Trinajstić information content (AvgIpc) is 2.74. The molecule has 88 valence electrons. The Kier molecular flexibility index (Phi) is 3.29. The smallest absolute Gasteiger partial charge is 0.212 e. The lowest BCUT2D eigenvalue weighted by Crippen LogP contribution is -2.39. The fraction of sp³-hybridized carbons (Fsp3) is 1.00. The second-order valence-corrected chi connectivity index (χ2v) is 7.49. The summed E-state index contributed by atoms with van der Waals surface area (Å²) in [5.41, 5.74) is 0. The highest BCUT2D eigenvalue weighted by Crippen LogP contribution is 2.32. The van der Waals surface area contributed by atoms with Gasteiger partial charge in [-0.05, 0) is 26.2 Å². The Balaban J connectivity index is 2.14. The van der Waals surface area contributed by atoms with Gasteiger partial charge in [0.25, 0.3) is 0 Å². The summed E-state index contributed by atoms with van der Waals surface area (Å²) in [6, 6.07) is 0.0816. The number of hydrogen-bond acceptors (Lipinski definition) is 2. The zero-order valence-electron chi connectivity index (χ0n) is 9.02. The van der Waals surface area contributed by atoms with E-state index in [2.05, 4.69) is 0 Å². The van der Waals surface area contributed by atoms with Gasteiger partial charge in [0, 0.05) is 18.0 Å². The van der Waals surface area contributed by atoms with Crippen LogP contribution in [0.25, 0.3) is 0 Å². The van der Waals surface area contributed by atoms with Crippen LogP contribution in [0.3, 0.4) is 0 Å². The highest BCUT2D eigenvalue weighted by atomic mass is 35.5. The van der Waals surface area contributed by atoms with Crippen LogP contribution < -0.4 is 0 Å². The Morgan fingerprint density at radius 2 is 1.87 bits per heavy atom. The molecule has 2 rings (SSSR count). The van der Waals surface area contributed by atoms with Crippen molar-refractivity contribution in [3.63, 3.8) is 0 Å². The molecule has 5 heteroatoms. The minimum atomic E-state index is -3.07. The molecule has 1 aliphatic carbocycles. The largest absolute Gasteiger partial charge is 0.217 e. The molecular formula is C10H18ClNO2S. The second kappa shape index (κ2) is 4.22. The summed E-state index contributed by atoms with van der Waals surface area (Å²) in [5.74, 6) is 0. The van der Waals surface area contributed by atoms with Gasteiger partial charge < -0.3 is 0 Å². The predicted molar refractivity (Wildman–Crippen MR) is 61.6 cm³/mol. The third-order valence-electron chi connectivity index (χ3n) is 3.52. The van der Waals surface area contributed by atoms with Crippen LogP contribution in [0.2, 0.25) is 0 Å². The molecule has 0 bridgehead atoms. The van der Waals surface area contributed by atoms with Crippen molar-refractivity contribution in [1.29, 1.82) is 0 Å². The van der Waals surface area contributed by atoms with E-state index >= 15 is 0 Å². The van der Waals surface area contributed by atoms with E-state index in [-0.39, 0.29) is 16.7 Å². The minimum absolute atomic E-state index is 0.00354. The zero-order valence-corrected chi connectivity index (χ0v) is 10.6. The Hall–Kier alpha value is 0.200. The Morgan fingerprint density at radius 1 is 1.27 bits per heavy atom. The first kappa shape index (κ1) is 11.7. The molecule has 2 fully saturated rings. The maximum atomic E-state index is 12.3. The minimum Gasteiger partial charge on any atom is -0.212 e. The van der Waals surface area contributed by atoms with Gasteiger partial charge in [0.2, 0.25) is 10.0 Å². The van der Waals surface area contributed by atoms with Crippen molar-refractivity contribution in [2.24, 2.45) is 0 Å². The first-order valence-corrected chi connectivity index (χ1v) is 7.60. The van der Waals surface area contributed by atoms with Crippen molar-refractivity contribution in [3.05, 3.63) is 0 Å². The van der Waals surface area contributed by atoms with Crippen LogP contribution in [0.4, 0.5) is 0 Å². The predicted octanol–water partition coefficient (Wildman–Crippen LogP) is 1.96. The summed E-state index contributed by atoms with van der Waals surface area (Å²) in [6.45, 7) is 2.45. The van der Waals surface area contributed by atoms with Gasteiger partial charge in [0.1, 0.15) is 0 Å². The number of hydrogen-bond donors (Lipinski definition) is 0. The summed E-state index contributed by atoms with van der Waals surface area (Å²) >= 11 is 6.01. The quantitative estimate of drug-likeness (QED) is 0.704. The van der Waals surface area contributed by atoms with E-state index in [0.29, 0.717) is 6.54 Å². The molecule has 1 saturated carbocycles. The van der Waals surface area contributed by atoms with Crippen LogP contribution in [-0.4, -0.2) is 35.9 Å². The second-order valence-electron chi connectivity index (χ2n) is 4.70. The zero-order chi connectivity index (χ0) is 11.1. The molecule has 3 nitrogen and oxygen atoms in total. The molecule has 1 heterocycles. The molecule has 0 aromatic heterocycles. The average molecular weight is 252 g/mol. The molecule has 1 aliphatic heterocycles. The fourth-order valence-corrected chi connectivity index (χ4v) is 5.45. The van der Waals surface area contributed by atoms with Gasteiger partial charge >= 0.3 is 0 Å². The number of nitrogens with zero attached hydrogens (tertiary/aromatic N) is 1. The fourth-order valence-electron chi connectivity index (χ4n) is 2.67. The summed E-state index contributed by atoms with van der Waals surface area (Å²) in [5, 5.41) is -0.141. The van der Waals surface area contributed by atoms with E-state index in [9.17, 15) is 8.42 Å². The highest BCUT2D eigenvalue weighted by Gasteiger charge is 2.41. The number of alkyl halides is 1. The molecule has 0 amide bonds. The number of halogens is 1. The van der Waals surface area contributed by atoms with E-state index in [1.54, 1.807) is 4.31 Å². The van der Waals surface area contributed by atoms with Crippen molar-refractivity contribution in [1.82, 2.24) is 4.31 Å². The monoisotopic (exact) mass is 251 g/mol. The lowest BCUT2D eigenvalue weighted by atomic mass is 10.2. The Morgan fingerprint density at radius 3 is 2.33 bits per heavy atom. The Bertz CT molecular complexity index is 324. The van der Waals surface area contributed by atoms with Crippen molar-refractivity contribution < 1.29 is 8.42 Å². The summed E-state index contributed by atoms with van der Waals surface area (Å²) in [7, 11) is -3.07. The third-order valence-corrected chi connectivity index (χ3v) is 6.31. The molecule has 1 saturated heterocycles. The van der Waals surface area contributed by atoms with Gasteiger partial charge in [-0.3, -0.25) is 0 Å². The van der Waals surface area contributed by atoms with Crippen LogP contribution in [0, 0.1) is 0 Å². The Labute approximate surface area is 96.8 Å². The SMILES string of the molecule is CC1CC(Cl)CN1S(=O)(=O)C1CCCC1. The van der Waals surface area contributed by atoms with Crippen molar-refractivity contribution in [2.75, 3.05) is 6.54 Å². The van der Waals surface area contributed by atoms with Crippen LogP contribution >= 0.6 is 11.6 Å². The first-order valence-electron chi connectivity index (χ1n) is 5.66. The van der Waals surface area contributed by atoms with Gasteiger partial charge in [0.05, 0.1) is 5.25 Å². The maximum absolute atomic E-state index is 12.3. The topological polar surface area (TPSA) is 37.4 Å². The van der Waals surface area contributed by atoms with E-state index < -0.39 is 10.0 Å². The lowest BCUT2D eigenvalue weighted by Gasteiger charge is -2.24. The molecule has 0 aromatic rings. The number of rotatable bonds is 2. The van der Waals surface area contributed by atoms with Crippen LogP contribution in [0.15, 0.2) is 0 Å². The van der Waals surface area contributed by atoms with Gasteiger partial charge in [-0.2, -0.15) is 4.31 Å². The van der Waals surface area contributed by atoms with Gasteiger partial charge in [-0.1, -0.05) is 12.8 Å². The molecule has 2 atom stereocenters. The van der Waals surface area contributed by atoms with E-state index in [1.165, 1.54) is 0 Å². The van der Waals surface area contributed by atoms with Gasteiger partial charge in [0.15, 0.2) is 0 Å². The summed E-state index contributed by atoms with van der Waals surface area (Å²) in [4.78, 5) is 0. The standard InChI is InChI=1S/C10H18ClNO2S/c1-8-6-9(11)7-12(8)15(13,14)10-4-2-3-5-10/h8-10H,2-7H2,1H3. The van der Waals surface area contributed by atoms with E-state index in [0.717, 1.165) is 32.1 Å². The normalized spacial score (nSPS) is 35.1. The third kappa shape index (κ3) is 2.17. The van der Waals surface area contributed by atoms with Crippen molar-refractivity contribution in [3.8, 4) is 0 Å².